The number of halogens is 2. The first-order valence-electron chi connectivity index (χ1n) is 7.31. The smallest absolute Gasteiger partial charge is 0.453 e. The summed E-state index contributed by atoms with van der Waals surface area (Å²) >= 11 is 0. The van der Waals surface area contributed by atoms with E-state index in [2.05, 4.69) is 0 Å². The van der Waals surface area contributed by atoms with Gasteiger partial charge in [0.05, 0.1) is 6.10 Å². The fraction of sp³-hybridized carbons (Fsp3) is 0.923. The standard InChI is InChI=1S/C13H18F2O6S/c14-13(15,22(18,19)20)11(17)21-12-5-7-1-2-9(12)4-10(16)8(3-7)6-12/h7-10,16H,1-6H2,(H,18,19,20). The highest BCUT2D eigenvalue weighted by Gasteiger charge is 2.61. The molecule has 2 N–H and O–H groups in total. The molecule has 0 aromatic heterocycles. The molecule has 3 aliphatic rings. The monoisotopic (exact) mass is 340 g/mol. The van der Waals surface area contributed by atoms with Crippen molar-refractivity contribution in [3.05, 3.63) is 0 Å². The predicted molar refractivity (Wildman–Crippen MR) is 69.5 cm³/mol. The van der Waals surface area contributed by atoms with Crippen molar-refractivity contribution in [3.63, 3.8) is 0 Å². The molecule has 3 aliphatic carbocycles. The van der Waals surface area contributed by atoms with E-state index < -0.39 is 33.0 Å². The number of hydrogen-bond donors (Lipinski definition) is 2. The molecule has 5 unspecified atom stereocenters. The first kappa shape index (κ1) is 16.1. The molecule has 3 rings (SSSR count). The Kier molecular flexibility index (Phi) is 3.54. The van der Waals surface area contributed by atoms with Gasteiger partial charge in [0.2, 0.25) is 0 Å². The highest BCUT2D eigenvalue weighted by Crippen LogP contribution is 2.56. The molecule has 0 aromatic carbocycles. The first-order valence-corrected chi connectivity index (χ1v) is 8.75. The van der Waals surface area contributed by atoms with E-state index in [0.29, 0.717) is 19.3 Å². The Morgan fingerprint density at radius 1 is 1.23 bits per heavy atom. The van der Waals surface area contributed by atoms with Crippen molar-refractivity contribution in [2.45, 2.75) is 55.5 Å². The minimum Gasteiger partial charge on any atom is -0.453 e. The van der Waals surface area contributed by atoms with Gasteiger partial charge in [-0.1, -0.05) is 0 Å². The maximum absolute atomic E-state index is 13.5. The zero-order valence-corrected chi connectivity index (χ0v) is 12.6. The number of fused-ring (bicyclic) bond motifs is 2. The summed E-state index contributed by atoms with van der Waals surface area (Å²) in [5.41, 5.74) is -1.14. The van der Waals surface area contributed by atoms with E-state index in [9.17, 15) is 27.1 Å². The molecule has 0 saturated heterocycles. The Hall–Kier alpha value is -0.800. The van der Waals surface area contributed by atoms with E-state index in [1.54, 1.807) is 0 Å². The molecule has 9 heteroatoms. The normalized spacial score (nSPS) is 41.3. The van der Waals surface area contributed by atoms with E-state index in [1.807, 2.05) is 0 Å². The number of hydrogen-bond acceptors (Lipinski definition) is 5. The molecule has 0 aliphatic heterocycles. The number of carbonyl (C=O) groups excluding carboxylic acids is 1. The third-order valence-corrected chi connectivity index (χ3v) is 6.29. The van der Waals surface area contributed by atoms with E-state index in [1.165, 1.54) is 0 Å². The minimum atomic E-state index is -5.86. The zero-order valence-electron chi connectivity index (χ0n) is 11.7. The van der Waals surface area contributed by atoms with Gasteiger partial charge in [0.15, 0.2) is 0 Å². The second-order valence-corrected chi connectivity index (χ2v) is 8.26. The quantitative estimate of drug-likeness (QED) is 0.594. The lowest BCUT2D eigenvalue weighted by Crippen LogP contribution is -2.59. The number of alkyl halides is 2. The van der Waals surface area contributed by atoms with Gasteiger partial charge >= 0.3 is 21.3 Å². The highest BCUT2D eigenvalue weighted by molar-refractivity contribution is 7.87. The lowest BCUT2D eigenvalue weighted by molar-refractivity contribution is -0.218. The summed E-state index contributed by atoms with van der Waals surface area (Å²) in [4.78, 5) is 11.7. The lowest BCUT2D eigenvalue weighted by Gasteiger charge is -2.57. The van der Waals surface area contributed by atoms with Crippen LogP contribution in [-0.2, 0) is 19.6 Å². The molecule has 3 fully saturated rings. The van der Waals surface area contributed by atoms with Crippen molar-refractivity contribution >= 4 is 16.1 Å². The van der Waals surface area contributed by atoms with Gasteiger partial charge in [0, 0.05) is 5.92 Å². The summed E-state index contributed by atoms with van der Waals surface area (Å²) < 4.78 is 61.8. The molecular formula is C13H18F2O6S. The van der Waals surface area contributed by atoms with Crippen molar-refractivity contribution in [2.24, 2.45) is 17.8 Å². The summed E-state index contributed by atoms with van der Waals surface area (Å²) in [6.07, 6.45) is 2.81. The molecule has 5 atom stereocenters. The molecule has 3 bridgehead atoms. The van der Waals surface area contributed by atoms with Crippen molar-refractivity contribution in [1.29, 1.82) is 0 Å². The summed E-state index contributed by atoms with van der Waals surface area (Å²) in [5, 5.41) is 5.09. The number of carbonyl (C=O) groups is 1. The maximum atomic E-state index is 13.5. The number of rotatable bonds is 3. The summed E-state index contributed by atoms with van der Waals surface area (Å²) in [7, 11) is -5.86. The number of aliphatic hydroxyl groups is 1. The average Bonchev–Trinajstić information content (AvgIpc) is 2.38. The molecule has 0 heterocycles. The third kappa shape index (κ3) is 2.33. The summed E-state index contributed by atoms with van der Waals surface area (Å²) in [6, 6.07) is 0. The van der Waals surface area contributed by atoms with Gasteiger partial charge in [-0.2, -0.15) is 17.2 Å². The third-order valence-electron chi connectivity index (χ3n) is 5.47. The Bertz CT molecular complexity index is 591. The van der Waals surface area contributed by atoms with Crippen LogP contribution in [0.25, 0.3) is 0 Å². The topological polar surface area (TPSA) is 101 Å². The summed E-state index contributed by atoms with van der Waals surface area (Å²) in [6.45, 7) is 0. The number of ether oxygens (including phenoxy) is 1. The SMILES string of the molecule is O=C(OC12CC3CCC1CC(O)C(C3)C2)C(F)(F)S(=O)(=O)O. The van der Waals surface area contributed by atoms with Crippen LogP contribution in [0.1, 0.15) is 38.5 Å². The largest absolute Gasteiger partial charge is 0.465 e. The van der Waals surface area contributed by atoms with Crippen LogP contribution in [0.4, 0.5) is 8.78 Å². The van der Waals surface area contributed by atoms with Gasteiger partial charge in [-0.05, 0) is 50.4 Å². The van der Waals surface area contributed by atoms with Crippen LogP contribution in [0.3, 0.4) is 0 Å². The molecule has 0 aromatic rings. The van der Waals surface area contributed by atoms with E-state index >= 15 is 0 Å². The van der Waals surface area contributed by atoms with Crippen LogP contribution < -0.4 is 0 Å². The summed E-state index contributed by atoms with van der Waals surface area (Å²) in [5.74, 6) is -2.42. The van der Waals surface area contributed by atoms with E-state index in [4.69, 9.17) is 9.29 Å². The van der Waals surface area contributed by atoms with Gasteiger partial charge < -0.3 is 9.84 Å². The second-order valence-electron chi connectivity index (χ2n) is 6.79. The van der Waals surface area contributed by atoms with E-state index in [0.717, 1.165) is 12.8 Å². The van der Waals surface area contributed by atoms with Gasteiger partial charge in [-0.25, -0.2) is 4.79 Å². The van der Waals surface area contributed by atoms with Crippen molar-refractivity contribution in [2.75, 3.05) is 0 Å². The molecule has 0 spiro atoms. The minimum absolute atomic E-state index is 0.123. The van der Waals surface area contributed by atoms with Crippen LogP contribution >= 0.6 is 0 Å². The van der Waals surface area contributed by atoms with Crippen LogP contribution in [0.5, 0.6) is 0 Å². The number of esters is 1. The van der Waals surface area contributed by atoms with Gasteiger partial charge in [0.1, 0.15) is 5.60 Å². The number of aliphatic hydroxyl groups excluding tert-OH is 1. The Balaban J connectivity index is 1.87. The fourth-order valence-corrected chi connectivity index (χ4v) is 4.74. The Morgan fingerprint density at radius 2 is 1.91 bits per heavy atom. The molecule has 126 valence electrons. The van der Waals surface area contributed by atoms with Crippen molar-refractivity contribution in [1.82, 2.24) is 0 Å². The predicted octanol–water partition coefficient (Wildman–Crippen LogP) is 1.34. The first-order chi connectivity index (χ1) is 10.1. The Morgan fingerprint density at radius 3 is 2.55 bits per heavy atom. The van der Waals surface area contributed by atoms with E-state index in [-0.39, 0.29) is 24.2 Å². The van der Waals surface area contributed by atoms with Gasteiger partial charge in [-0.3, -0.25) is 4.55 Å². The van der Waals surface area contributed by atoms with Crippen LogP contribution in [0.15, 0.2) is 0 Å². The second kappa shape index (κ2) is 4.85. The Labute approximate surface area is 126 Å². The van der Waals surface area contributed by atoms with Crippen molar-refractivity contribution in [3.8, 4) is 0 Å². The fourth-order valence-electron chi connectivity index (χ4n) is 4.49. The zero-order chi connectivity index (χ0) is 16.3. The molecule has 22 heavy (non-hydrogen) atoms. The van der Waals surface area contributed by atoms with Gasteiger partial charge in [-0.15, -0.1) is 0 Å². The molecule has 6 nitrogen and oxygen atoms in total. The van der Waals surface area contributed by atoms with Crippen LogP contribution in [0, 0.1) is 17.8 Å². The molecule has 0 amide bonds. The van der Waals surface area contributed by atoms with Crippen LogP contribution in [-0.4, -0.2) is 41.0 Å². The molecule has 0 radical (unpaired) electrons. The lowest BCUT2D eigenvalue weighted by atomic mass is 9.54. The van der Waals surface area contributed by atoms with Gasteiger partial charge in [0.25, 0.3) is 0 Å². The van der Waals surface area contributed by atoms with Crippen LogP contribution in [0.2, 0.25) is 0 Å². The maximum Gasteiger partial charge on any atom is 0.465 e. The molecular weight excluding hydrogens is 322 g/mol. The molecule has 3 saturated carbocycles. The highest BCUT2D eigenvalue weighted by atomic mass is 32.2. The average molecular weight is 340 g/mol. The van der Waals surface area contributed by atoms with Crippen molar-refractivity contribution < 1.29 is 36.4 Å².